The summed E-state index contributed by atoms with van der Waals surface area (Å²) in [5, 5.41) is 2.81. The van der Waals surface area contributed by atoms with Crippen LogP contribution >= 0.6 is 0 Å². The molecule has 4 nitrogen and oxygen atoms in total. The zero-order valence-electron chi connectivity index (χ0n) is 12.2. The molecule has 2 unspecified atom stereocenters. The fourth-order valence-corrected chi connectivity index (χ4v) is 3.01. The molecular weight excluding hydrogens is 228 g/mol. The number of amides is 2. The first kappa shape index (κ1) is 15.0. The molecule has 0 saturated carbocycles. The van der Waals surface area contributed by atoms with Crippen molar-refractivity contribution >= 4 is 11.8 Å². The fourth-order valence-electron chi connectivity index (χ4n) is 3.01. The molecule has 0 aromatic carbocycles. The summed E-state index contributed by atoms with van der Waals surface area (Å²) in [5.41, 5.74) is -0.179. The number of hydrogen-bond donors (Lipinski definition) is 1. The minimum Gasteiger partial charge on any atom is -0.343 e. The quantitative estimate of drug-likeness (QED) is 0.816. The van der Waals surface area contributed by atoms with Crippen LogP contribution in [0.3, 0.4) is 0 Å². The Bertz CT molecular complexity index is 315. The zero-order valence-corrected chi connectivity index (χ0v) is 12.2. The van der Waals surface area contributed by atoms with Gasteiger partial charge in [-0.25, -0.2) is 0 Å². The molecule has 1 heterocycles. The lowest BCUT2D eigenvalue weighted by molar-refractivity contribution is -0.157. The molecule has 1 fully saturated rings. The highest BCUT2D eigenvalue weighted by molar-refractivity contribution is 5.97. The van der Waals surface area contributed by atoms with Crippen molar-refractivity contribution in [1.29, 1.82) is 0 Å². The monoisotopic (exact) mass is 254 g/mol. The number of nitrogens with zero attached hydrogens (tertiary/aromatic N) is 1. The number of hydrogen-bond acceptors (Lipinski definition) is 2. The van der Waals surface area contributed by atoms with E-state index in [-0.39, 0.29) is 29.4 Å². The summed E-state index contributed by atoms with van der Waals surface area (Å²) in [4.78, 5) is 26.4. The number of carbonyl (C=O) groups excluding carboxylic acids is 2. The highest BCUT2D eigenvalue weighted by Gasteiger charge is 2.46. The first-order valence-corrected chi connectivity index (χ1v) is 7.10. The van der Waals surface area contributed by atoms with Crippen LogP contribution in [0.5, 0.6) is 0 Å². The Hall–Kier alpha value is -1.06. The summed E-state index contributed by atoms with van der Waals surface area (Å²) in [5.74, 6) is 0.0522. The maximum absolute atomic E-state index is 12.5. The predicted molar refractivity (Wildman–Crippen MR) is 72.1 cm³/mol. The highest BCUT2D eigenvalue weighted by atomic mass is 16.2. The molecule has 0 bridgehead atoms. The highest BCUT2D eigenvalue weighted by Crippen LogP contribution is 2.32. The summed E-state index contributed by atoms with van der Waals surface area (Å²) in [6.45, 7) is 10.1. The van der Waals surface area contributed by atoms with E-state index >= 15 is 0 Å². The molecule has 2 amide bonds. The van der Waals surface area contributed by atoms with Crippen molar-refractivity contribution in [2.24, 2.45) is 0 Å². The van der Waals surface area contributed by atoms with Crippen LogP contribution in [0.25, 0.3) is 0 Å². The minimum atomic E-state index is -0.361. The van der Waals surface area contributed by atoms with Crippen LogP contribution in [0, 0.1) is 0 Å². The van der Waals surface area contributed by atoms with Gasteiger partial charge in [-0.2, -0.15) is 0 Å². The molecule has 1 saturated heterocycles. The second kappa shape index (κ2) is 5.72. The van der Waals surface area contributed by atoms with E-state index in [1.165, 1.54) is 0 Å². The van der Waals surface area contributed by atoms with E-state index < -0.39 is 0 Å². The third-order valence-corrected chi connectivity index (χ3v) is 4.51. The molecule has 1 aliphatic heterocycles. The average Bonchev–Trinajstić information content (AvgIpc) is 2.39. The van der Waals surface area contributed by atoms with Crippen molar-refractivity contribution in [3.05, 3.63) is 0 Å². The van der Waals surface area contributed by atoms with Crippen LogP contribution in [0.1, 0.15) is 60.3 Å². The Kier molecular flexibility index (Phi) is 4.77. The Labute approximate surface area is 110 Å². The van der Waals surface area contributed by atoms with Crippen LogP contribution in [-0.2, 0) is 9.59 Å². The van der Waals surface area contributed by atoms with Crippen LogP contribution in [0.4, 0.5) is 0 Å². The van der Waals surface area contributed by atoms with Crippen molar-refractivity contribution in [1.82, 2.24) is 10.2 Å². The Balaban J connectivity index is 3.15. The van der Waals surface area contributed by atoms with E-state index in [1.807, 2.05) is 18.7 Å². The lowest BCUT2D eigenvalue weighted by Crippen LogP contribution is -2.68. The van der Waals surface area contributed by atoms with E-state index in [4.69, 9.17) is 0 Å². The topological polar surface area (TPSA) is 49.4 Å². The molecule has 2 atom stereocenters. The standard InChI is InChI=1S/C14H26N2O2/c1-6-11-13(18)16(10(5)12(17)15-11)14(7-2,8-3)9-4/h10-11H,6-9H2,1-5H3,(H,15,17). The van der Waals surface area contributed by atoms with Gasteiger partial charge < -0.3 is 10.2 Å². The third kappa shape index (κ3) is 2.25. The molecule has 0 aromatic heterocycles. The first-order chi connectivity index (χ1) is 8.47. The van der Waals surface area contributed by atoms with Crippen LogP contribution in [-0.4, -0.2) is 34.3 Å². The molecule has 18 heavy (non-hydrogen) atoms. The van der Waals surface area contributed by atoms with Crippen molar-refractivity contribution in [3.63, 3.8) is 0 Å². The van der Waals surface area contributed by atoms with Crippen molar-refractivity contribution in [2.45, 2.75) is 77.9 Å². The van der Waals surface area contributed by atoms with Crippen molar-refractivity contribution < 1.29 is 9.59 Å². The molecule has 0 aromatic rings. The largest absolute Gasteiger partial charge is 0.343 e. The van der Waals surface area contributed by atoms with Gasteiger partial charge in [-0.3, -0.25) is 9.59 Å². The number of piperazine rings is 1. The SMILES string of the molecule is CCC1NC(=O)C(C)N(C(CC)(CC)CC)C1=O. The van der Waals surface area contributed by atoms with Gasteiger partial charge in [-0.1, -0.05) is 27.7 Å². The van der Waals surface area contributed by atoms with Gasteiger partial charge in [0.1, 0.15) is 12.1 Å². The number of nitrogens with one attached hydrogen (secondary N) is 1. The summed E-state index contributed by atoms with van der Waals surface area (Å²) >= 11 is 0. The van der Waals surface area contributed by atoms with E-state index in [1.54, 1.807) is 0 Å². The summed E-state index contributed by atoms with van der Waals surface area (Å²) in [6, 6.07) is -0.710. The average molecular weight is 254 g/mol. The first-order valence-electron chi connectivity index (χ1n) is 7.10. The second-order valence-electron chi connectivity index (χ2n) is 5.14. The van der Waals surface area contributed by atoms with Gasteiger partial charge in [-0.05, 0) is 32.6 Å². The molecule has 1 N–H and O–H groups in total. The molecule has 4 heteroatoms. The molecule has 1 rings (SSSR count). The summed E-state index contributed by atoms with van der Waals surface area (Å²) in [7, 11) is 0. The number of carbonyl (C=O) groups is 2. The molecule has 0 aliphatic carbocycles. The molecular formula is C14H26N2O2. The lowest BCUT2D eigenvalue weighted by atomic mass is 9.84. The van der Waals surface area contributed by atoms with E-state index in [9.17, 15) is 9.59 Å². The second-order valence-corrected chi connectivity index (χ2v) is 5.14. The van der Waals surface area contributed by atoms with E-state index in [0.717, 1.165) is 19.3 Å². The fraction of sp³-hybridized carbons (Fsp3) is 0.857. The van der Waals surface area contributed by atoms with E-state index in [2.05, 4.69) is 26.1 Å². The van der Waals surface area contributed by atoms with Gasteiger partial charge in [0.05, 0.1) is 0 Å². The Morgan fingerprint density at radius 3 is 2.00 bits per heavy atom. The normalized spacial score (nSPS) is 25.3. The molecule has 104 valence electrons. The Morgan fingerprint density at radius 1 is 1.11 bits per heavy atom. The van der Waals surface area contributed by atoms with Crippen molar-refractivity contribution in [3.8, 4) is 0 Å². The smallest absolute Gasteiger partial charge is 0.246 e. The minimum absolute atomic E-state index is 0.0267. The van der Waals surface area contributed by atoms with Crippen LogP contribution in [0.2, 0.25) is 0 Å². The third-order valence-electron chi connectivity index (χ3n) is 4.51. The maximum Gasteiger partial charge on any atom is 0.246 e. The van der Waals surface area contributed by atoms with Gasteiger partial charge >= 0.3 is 0 Å². The molecule has 0 radical (unpaired) electrons. The van der Waals surface area contributed by atoms with Gasteiger partial charge in [0.25, 0.3) is 0 Å². The Morgan fingerprint density at radius 2 is 1.61 bits per heavy atom. The predicted octanol–water partition coefficient (Wildman–Crippen LogP) is 2.08. The van der Waals surface area contributed by atoms with E-state index in [0.29, 0.717) is 6.42 Å². The van der Waals surface area contributed by atoms with Gasteiger partial charge in [-0.15, -0.1) is 0 Å². The summed E-state index contributed by atoms with van der Waals surface area (Å²) in [6.07, 6.45) is 3.32. The zero-order chi connectivity index (χ0) is 13.9. The van der Waals surface area contributed by atoms with Gasteiger partial charge in [0.2, 0.25) is 11.8 Å². The number of rotatable bonds is 5. The lowest BCUT2D eigenvalue weighted by Gasteiger charge is -2.49. The molecule has 1 aliphatic rings. The maximum atomic E-state index is 12.5. The molecule has 0 spiro atoms. The van der Waals surface area contributed by atoms with Crippen LogP contribution in [0.15, 0.2) is 0 Å². The van der Waals surface area contributed by atoms with Crippen LogP contribution < -0.4 is 5.32 Å². The van der Waals surface area contributed by atoms with Gasteiger partial charge in [0, 0.05) is 5.54 Å². The summed E-state index contributed by atoms with van der Waals surface area (Å²) < 4.78 is 0. The van der Waals surface area contributed by atoms with Gasteiger partial charge in [0.15, 0.2) is 0 Å². The van der Waals surface area contributed by atoms with Crippen molar-refractivity contribution in [2.75, 3.05) is 0 Å².